The summed E-state index contributed by atoms with van der Waals surface area (Å²) in [7, 11) is 1.33. The van der Waals surface area contributed by atoms with Gasteiger partial charge in [0.1, 0.15) is 5.75 Å². The molecule has 1 aromatic carbocycles. The van der Waals surface area contributed by atoms with E-state index in [0.29, 0.717) is 11.7 Å². The highest BCUT2D eigenvalue weighted by Crippen LogP contribution is 2.20. The molecule has 0 fully saturated rings. The van der Waals surface area contributed by atoms with E-state index < -0.39 is 0 Å². The van der Waals surface area contributed by atoms with Crippen molar-refractivity contribution in [3.8, 4) is 5.75 Å². The second-order valence-electron chi connectivity index (χ2n) is 4.35. The molecule has 4 nitrogen and oxygen atoms in total. The average molecular weight is 251 g/mol. The summed E-state index contributed by atoms with van der Waals surface area (Å²) >= 11 is 0. The zero-order chi connectivity index (χ0) is 13.5. The molecule has 1 amide bonds. The van der Waals surface area contributed by atoms with Gasteiger partial charge < -0.3 is 4.74 Å². The molecule has 0 unspecified atom stereocenters. The van der Waals surface area contributed by atoms with Crippen LogP contribution in [0.5, 0.6) is 5.75 Å². The number of hydrogen-bond acceptors (Lipinski definition) is 3. The van der Waals surface area contributed by atoms with Crippen LogP contribution in [0.25, 0.3) is 0 Å². The van der Waals surface area contributed by atoms with Crippen molar-refractivity contribution >= 4 is 5.91 Å². The number of benzene rings is 1. The predicted molar refractivity (Wildman–Crippen MR) is 69.8 cm³/mol. The van der Waals surface area contributed by atoms with Crippen LogP contribution in [0.3, 0.4) is 0 Å². The number of hydrogen-bond donors (Lipinski definition) is 1. The summed E-state index contributed by atoms with van der Waals surface area (Å²) in [6.45, 7) is 4.59. The number of rotatable bonds is 6. The van der Waals surface area contributed by atoms with Gasteiger partial charge in [-0.2, -0.15) is 0 Å². The molecule has 0 saturated carbocycles. The lowest BCUT2D eigenvalue weighted by molar-refractivity contribution is -0.160. The van der Waals surface area contributed by atoms with E-state index in [4.69, 9.17) is 9.94 Å². The highest BCUT2D eigenvalue weighted by molar-refractivity contribution is 5.82. The molecule has 1 atom stereocenters. The summed E-state index contributed by atoms with van der Waals surface area (Å²) < 4.78 is 5.54. The van der Waals surface area contributed by atoms with Crippen molar-refractivity contribution < 1.29 is 14.7 Å². The number of hydroxylamine groups is 2. The number of unbranched alkanes of at least 4 members (excludes halogenated alkanes) is 1. The second-order valence-corrected chi connectivity index (χ2v) is 4.35. The summed E-state index contributed by atoms with van der Waals surface area (Å²) in [5.74, 6) is 0.128. The topological polar surface area (TPSA) is 49.8 Å². The maximum Gasteiger partial charge on any atom is 0.252 e. The third-order valence-electron chi connectivity index (χ3n) is 2.84. The van der Waals surface area contributed by atoms with E-state index in [1.54, 1.807) is 6.92 Å². The average Bonchev–Trinajstić information content (AvgIpc) is 2.38. The van der Waals surface area contributed by atoms with Gasteiger partial charge in [0.25, 0.3) is 5.91 Å². The summed E-state index contributed by atoms with van der Waals surface area (Å²) in [6.07, 6.45) is 2.14. The van der Waals surface area contributed by atoms with Gasteiger partial charge in [-0.1, -0.05) is 25.5 Å². The van der Waals surface area contributed by atoms with Crippen LogP contribution >= 0.6 is 0 Å². The molecule has 18 heavy (non-hydrogen) atoms. The molecule has 0 saturated heterocycles. The highest BCUT2D eigenvalue weighted by atomic mass is 16.5. The van der Waals surface area contributed by atoms with E-state index in [1.165, 1.54) is 7.05 Å². The van der Waals surface area contributed by atoms with Gasteiger partial charge in [0.05, 0.1) is 12.5 Å². The van der Waals surface area contributed by atoms with Gasteiger partial charge in [-0.3, -0.25) is 10.0 Å². The molecular formula is C14H21NO3. The third kappa shape index (κ3) is 4.04. The Morgan fingerprint density at radius 2 is 2.00 bits per heavy atom. The Balaban J connectivity index is 2.62. The number of carbonyl (C=O) groups excluding carboxylic acids is 1. The normalized spacial score (nSPS) is 12.0. The number of carbonyl (C=O) groups is 1. The molecule has 1 aromatic rings. The quantitative estimate of drug-likeness (QED) is 0.480. The fourth-order valence-corrected chi connectivity index (χ4v) is 1.61. The van der Waals surface area contributed by atoms with Crippen LogP contribution < -0.4 is 4.74 Å². The van der Waals surface area contributed by atoms with Crippen molar-refractivity contribution in [3.63, 3.8) is 0 Å². The van der Waals surface area contributed by atoms with Crippen molar-refractivity contribution in [2.45, 2.75) is 32.6 Å². The van der Waals surface area contributed by atoms with Crippen LogP contribution in [0.15, 0.2) is 24.3 Å². The third-order valence-corrected chi connectivity index (χ3v) is 2.84. The van der Waals surface area contributed by atoms with Crippen LogP contribution in [-0.2, 0) is 4.79 Å². The first-order valence-electron chi connectivity index (χ1n) is 6.25. The Hall–Kier alpha value is -1.55. The van der Waals surface area contributed by atoms with Crippen LogP contribution in [-0.4, -0.2) is 29.8 Å². The molecule has 0 bridgehead atoms. The molecule has 100 valence electrons. The van der Waals surface area contributed by atoms with Crippen LogP contribution in [0.1, 0.15) is 38.2 Å². The monoisotopic (exact) mass is 251 g/mol. The highest BCUT2D eigenvalue weighted by Gasteiger charge is 2.17. The smallest absolute Gasteiger partial charge is 0.252 e. The minimum atomic E-state index is -0.357. The van der Waals surface area contributed by atoms with Gasteiger partial charge in [-0.05, 0) is 31.0 Å². The second kappa shape index (κ2) is 7.01. The first-order chi connectivity index (χ1) is 8.56. The molecule has 0 aromatic heterocycles. The molecule has 0 radical (unpaired) electrons. The molecule has 1 N–H and O–H groups in total. The van der Waals surface area contributed by atoms with E-state index in [9.17, 15) is 4.79 Å². The van der Waals surface area contributed by atoms with E-state index in [0.717, 1.165) is 24.2 Å². The maximum absolute atomic E-state index is 11.6. The van der Waals surface area contributed by atoms with Gasteiger partial charge >= 0.3 is 0 Å². The van der Waals surface area contributed by atoms with Crippen molar-refractivity contribution in [2.24, 2.45) is 0 Å². The summed E-state index contributed by atoms with van der Waals surface area (Å²) in [5.41, 5.74) is 0.865. The fourth-order valence-electron chi connectivity index (χ4n) is 1.61. The Bertz CT molecular complexity index is 373. The summed E-state index contributed by atoms with van der Waals surface area (Å²) in [6, 6.07) is 7.42. The van der Waals surface area contributed by atoms with E-state index in [2.05, 4.69) is 6.92 Å². The minimum absolute atomic E-state index is 0.324. The van der Waals surface area contributed by atoms with E-state index >= 15 is 0 Å². The first-order valence-corrected chi connectivity index (χ1v) is 6.25. The molecule has 1 rings (SSSR count). The van der Waals surface area contributed by atoms with Crippen LogP contribution in [0, 0.1) is 0 Å². The Labute approximate surface area is 108 Å². The lowest BCUT2D eigenvalue weighted by atomic mass is 10.0. The SMILES string of the molecule is CCCCOc1ccc([C@@H](C)C(=O)N(C)O)cc1. The molecule has 0 heterocycles. The predicted octanol–water partition coefficient (Wildman–Crippen LogP) is 2.82. The van der Waals surface area contributed by atoms with Crippen LogP contribution in [0.4, 0.5) is 0 Å². The number of ether oxygens (including phenoxy) is 1. The number of nitrogens with zero attached hydrogens (tertiary/aromatic N) is 1. The lowest BCUT2D eigenvalue weighted by Gasteiger charge is -2.15. The molecule has 4 heteroatoms. The van der Waals surface area contributed by atoms with E-state index in [1.807, 2.05) is 24.3 Å². The summed E-state index contributed by atoms with van der Waals surface area (Å²) in [5, 5.41) is 9.73. The largest absolute Gasteiger partial charge is 0.494 e. The van der Waals surface area contributed by atoms with Crippen molar-refractivity contribution in [1.82, 2.24) is 5.06 Å². The van der Waals surface area contributed by atoms with Gasteiger partial charge in [-0.25, -0.2) is 5.06 Å². The number of likely N-dealkylation sites (N-methyl/N-ethyl adjacent to an activating group) is 1. The Morgan fingerprint density at radius 1 is 1.39 bits per heavy atom. The maximum atomic E-state index is 11.6. The molecule has 0 spiro atoms. The zero-order valence-electron chi connectivity index (χ0n) is 11.2. The van der Waals surface area contributed by atoms with E-state index in [-0.39, 0.29) is 11.8 Å². The van der Waals surface area contributed by atoms with Crippen molar-refractivity contribution in [2.75, 3.05) is 13.7 Å². The molecule has 0 aliphatic carbocycles. The first kappa shape index (κ1) is 14.5. The molecule has 0 aliphatic rings. The Morgan fingerprint density at radius 3 is 2.50 bits per heavy atom. The molecule has 0 aliphatic heterocycles. The Kier molecular flexibility index (Phi) is 5.65. The van der Waals surface area contributed by atoms with Crippen molar-refractivity contribution in [3.05, 3.63) is 29.8 Å². The van der Waals surface area contributed by atoms with Gasteiger partial charge in [0.15, 0.2) is 0 Å². The number of amides is 1. The molecular weight excluding hydrogens is 230 g/mol. The van der Waals surface area contributed by atoms with Crippen LogP contribution in [0.2, 0.25) is 0 Å². The van der Waals surface area contributed by atoms with Gasteiger partial charge in [0, 0.05) is 7.05 Å². The van der Waals surface area contributed by atoms with Gasteiger partial charge in [0.2, 0.25) is 0 Å². The fraction of sp³-hybridized carbons (Fsp3) is 0.500. The minimum Gasteiger partial charge on any atom is -0.494 e. The summed E-state index contributed by atoms with van der Waals surface area (Å²) in [4.78, 5) is 11.6. The van der Waals surface area contributed by atoms with Gasteiger partial charge in [-0.15, -0.1) is 0 Å². The van der Waals surface area contributed by atoms with Crippen molar-refractivity contribution in [1.29, 1.82) is 0 Å². The lowest BCUT2D eigenvalue weighted by Crippen LogP contribution is -2.27. The standard InChI is InChI=1S/C14H21NO3/c1-4-5-10-18-13-8-6-12(7-9-13)11(2)14(16)15(3)17/h6-9,11,17H,4-5,10H2,1-3H3/t11-/m1/s1. The zero-order valence-corrected chi connectivity index (χ0v) is 11.2.